The number of halogens is 2. The van der Waals surface area contributed by atoms with Gasteiger partial charge in [0.2, 0.25) is 0 Å². The Morgan fingerprint density at radius 2 is 2.10 bits per heavy atom. The number of anilines is 2. The molecule has 0 unspecified atom stereocenters. The highest BCUT2D eigenvalue weighted by Gasteiger charge is 2.14. The highest BCUT2D eigenvalue weighted by molar-refractivity contribution is 9.10. The van der Waals surface area contributed by atoms with Crippen molar-refractivity contribution in [1.29, 1.82) is 0 Å². The van der Waals surface area contributed by atoms with Crippen LogP contribution in [0.15, 0.2) is 34.8 Å². The largest absolute Gasteiger partial charge is 0.497 e. The lowest BCUT2D eigenvalue weighted by molar-refractivity contribution is 0.102. The van der Waals surface area contributed by atoms with Crippen LogP contribution in [0.4, 0.5) is 11.5 Å². The molecule has 2 aromatic rings. The molecule has 110 valence electrons. The zero-order valence-electron chi connectivity index (χ0n) is 11.4. The maximum atomic E-state index is 12.3. The third-order valence-electron chi connectivity index (χ3n) is 2.68. The zero-order valence-corrected chi connectivity index (χ0v) is 13.7. The second-order valence-corrected chi connectivity index (χ2v) is 5.43. The molecule has 0 spiro atoms. The van der Waals surface area contributed by atoms with E-state index in [0.29, 0.717) is 17.3 Å². The fourth-order valence-electron chi connectivity index (χ4n) is 1.68. The van der Waals surface area contributed by atoms with Gasteiger partial charge in [-0.3, -0.25) is 4.79 Å². The van der Waals surface area contributed by atoms with E-state index < -0.39 is 5.91 Å². The molecule has 0 aliphatic carbocycles. The van der Waals surface area contributed by atoms with Gasteiger partial charge >= 0.3 is 0 Å². The molecule has 5 nitrogen and oxygen atoms in total. The zero-order chi connectivity index (χ0) is 15.4. The van der Waals surface area contributed by atoms with Crippen molar-refractivity contribution in [2.45, 2.75) is 0 Å². The van der Waals surface area contributed by atoms with Crippen LogP contribution in [0.3, 0.4) is 0 Å². The molecule has 2 N–H and O–H groups in total. The summed E-state index contributed by atoms with van der Waals surface area (Å²) >= 11 is 9.37. The van der Waals surface area contributed by atoms with E-state index in [0.717, 1.165) is 4.47 Å². The second kappa shape index (κ2) is 6.78. The van der Waals surface area contributed by atoms with Crippen LogP contribution in [0.25, 0.3) is 0 Å². The van der Waals surface area contributed by atoms with E-state index in [9.17, 15) is 4.79 Å². The predicted molar refractivity (Wildman–Crippen MR) is 87.4 cm³/mol. The van der Waals surface area contributed by atoms with Gasteiger partial charge in [0.15, 0.2) is 0 Å². The Morgan fingerprint density at radius 1 is 1.33 bits per heavy atom. The number of benzene rings is 1. The monoisotopic (exact) mass is 369 g/mol. The molecule has 0 radical (unpaired) electrons. The Kier molecular flexibility index (Phi) is 5.03. The average molecular weight is 371 g/mol. The van der Waals surface area contributed by atoms with Gasteiger partial charge < -0.3 is 15.4 Å². The van der Waals surface area contributed by atoms with Gasteiger partial charge in [0.25, 0.3) is 5.91 Å². The number of pyridine rings is 1. The number of carbonyl (C=O) groups is 1. The summed E-state index contributed by atoms with van der Waals surface area (Å²) in [5.74, 6) is 0.802. The predicted octanol–water partition coefficient (Wildman–Crippen LogP) is 3.80. The lowest BCUT2D eigenvalue weighted by Gasteiger charge is -2.09. The highest BCUT2D eigenvalue weighted by atomic mass is 79.9. The summed E-state index contributed by atoms with van der Waals surface area (Å²) < 4.78 is 5.94. The van der Waals surface area contributed by atoms with E-state index in [1.165, 1.54) is 0 Å². The molecule has 1 aromatic heterocycles. The van der Waals surface area contributed by atoms with Crippen LogP contribution in [0, 0.1) is 0 Å². The molecular formula is C14H13BrClN3O2. The van der Waals surface area contributed by atoms with Gasteiger partial charge in [-0.15, -0.1) is 0 Å². The lowest BCUT2D eigenvalue weighted by Crippen LogP contribution is -2.15. The number of ether oxygens (including phenoxy) is 1. The summed E-state index contributed by atoms with van der Waals surface area (Å²) in [6.07, 6.45) is 0. The van der Waals surface area contributed by atoms with Crippen LogP contribution in [-0.4, -0.2) is 25.0 Å². The van der Waals surface area contributed by atoms with Gasteiger partial charge in [-0.25, -0.2) is 4.98 Å². The number of aromatic nitrogens is 1. The van der Waals surface area contributed by atoms with Crippen LogP contribution in [-0.2, 0) is 0 Å². The molecule has 1 amide bonds. The summed E-state index contributed by atoms with van der Waals surface area (Å²) in [5, 5.41) is 5.89. The Labute approximate surface area is 135 Å². The second-order valence-electron chi connectivity index (χ2n) is 4.11. The maximum Gasteiger partial charge on any atom is 0.275 e. The standard InChI is InChI=1S/C14H13BrClN3O2/c1-17-12-4-3-11(16)13(19-12)14(20)18-9-5-8(15)6-10(7-9)21-2/h3-7H,1-2H3,(H,17,19)(H,18,20). The van der Waals surface area contributed by atoms with E-state index in [1.807, 2.05) is 0 Å². The lowest BCUT2D eigenvalue weighted by atomic mass is 10.2. The minimum atomic E-state index is -0.391. The van der Waals surface area contributed by atoms with Crippen LogP contribution in [0.1, 0.15) is 10.5 Å². The van der Waals surface area contributed by atoms with Crippen molar-refractivity contribution < 1.29 is 9.53 Å². The Balaban J connectivity index is 2.27. The first-order valence-corrected chi connectivity index (χ1v) is 7.21. The SMILES string of the molecule is CNc1ccc(Cl)c(C(=O)Nc2cc(Br)cc(OC)c2)n1. The molecular weight excluding hydrogens is 358 g/mol. The van der Waals surface area contributed by atoms with Crippen molar-refractivity contribution in [3.63, 3.8) is 0 Å². The molecule has 0 saturated carbocycles. The molecule has 2 rings (SSSR count). The minimum Gasteiger partial charge on any atom is -0.497 e. The number of hydrogen-bond acceptors (Lipinski definition) is 4. The molecule has 7 heteroatoms. The summed E-state index contributed by atoms with van der Waals surface area (Å²) in [4.78, 5) is 16.4. The topological polar surface area (TPSA) is 63.2 Å². The smallest absolute Gasteiger partial charge is 0.275 e. The number of amides is 1. The van der Waals surface area contributed by atoms with Crippen molar-refractivity contribution in [1.82, 2.24) is 4.98 Å². The van der Waals surface area contributed by atoms with Crippen LogP contribution < -0.4 is 15.4 Å². The van der Waals surface area contributed by atoms with Crippen molar-refractivity contribution in [2.24, 2.45) is 0 Å². The third kappa shape index (κ3) is 3.86. The number of rotatable bonds is 4. The summed E-state index contributed by atoms with van der Waals surface area (Å²) in [6, 6.07) is 8.58. The number of hydrogen-bond donors (Lipinski definition) is 2. The number of nitrogens with zero attached hydrogens (tertiary/aromatic N) is 1. The van der Waals surface area contributed by atoms with Gasteiger partial charge in [0.1, 0.15) is 17.3 Å². The van der Waals surface area contributed by atoms with Gasteiger partial charge in [-0.2, -0.15) is 0 Å². The van der Waals surface area contributed by atoms with Crippen LogP contribution in [0.5, 0.6) is 5.75 Å². The van der Waals surface area contributed by atoms with Crippen LogP contribution in [0.2, 0.25) is 5.02 Å². The van der Waals surface area contributed by atoms with E-state index in [1.54, 1.807) is 44.5 Å². The molecule has 1 aromatic carbocycles. The average Bonchev–Trinajstić information content (AvgIpc) is 2.46. The van der Waals surface area contributed by atoms with E-state index in [2.05, 4.69) is 31.5 Å². The van der Waals surface area contributed by atoms with Crippen LogP contribution >= 0.6 is 27.5 Å². The highest BCUT2D eigenvalue weighted by Crippen LogP contribution is 2.25. The molecule has 0 fully saturated rings. The normalized spacial score (nSPS) is 10.1. The van der Waals surface area contributed by atoms with Crippen molar-refractivity contribution in [3.8, 4) is 5.75 Å². The fourth-order valence-corrected chi connectivity index (χ4v) is 2.35. The number of nitrogens with one attached hydrogen (secondary N) is 2. The molecule has 21 heavy (non-hydrogen) atoms. The quantitative estimate of drug-likeness (QED) is 0.859. The van der Waals surface area contributed by atoms with Gasteiger partial charge in [0.05, 0.1) is 12.1 Å². The first kappa shape index (κ1) is 15.6. The van der Waals surface area contributed by atoms with E-state index in [4.69, 9.17) is 16.3 Å². The van der Waals surface area contributed by atoms with E-state index in [-0.39, 0.29) is 10.7 Å². The Bertz CT molecular complexity index is 679. The molecule has 0 saturated heterocycles. The maximum absolute atomic E-state index is 12.3. The van der Waals surface area contributed by atoms with Gasteiger partial charge in [0, 0.05) is 23.3 Å². The fraction of sp³-hybridized carbons (Fsp3) is 0.143. The molecule has 0 aliphatic rings. The number of methoxy groups -OCH3 is 1. The summed E-state index contributed by atoms with van der Waals surface area (Å²) in [7, 11) is 3.28. The van der Waals surface area contributed by atoms with Crippen molar-refractivity contribution >= 4 is 44.9 Å². The first-order valence-electron chi connectivity index (χ1n) is 6.03. The summed E-state index contributed by atoms with van der Waals surface area (Å²) in [5.41, 5.74) is 0.737. The molecule has 0 atom stereocenters. The Hall–Kier alpha value is -1.79. The minimum absolute atomic E-state index is 0.155. The summed E-state index contributed by atoms with van der Waals surface area (Å²) in [6.45, 7) is 0. The molecule has 0 aliphatic heterocycles. The van der Waals surface area contributed by atoms with Crippen molar-refractivity contribution in [2.75, 3.05) is 24.8 Å². The first-order chi connectivity index (χ1) is 10.0. The third-order valence-corrected chi connectivity index (χ3v) is 3.44. The van der Waals surface area contributed by atoms with Crippen molar-refractivity contribution in [3.05, 3.63) is 45.5 Å². The number of carbonyl (C=O) groups excluding carboxylic acids is 1. The van der Waals surface area contributed by atoms with E-state index >= 15 is 0 Å². The Morgan fingerprint density at radius 3 is 2.76 bits per heavy atom. The van der Waals surface area contributed by atoms with Gasteiger partial charge in [-0.1, -0.05) is 27.5 Å². The van der Waals surface area contributed by atoms with Gasteiger partial charge in [-0.05, 0) is 24.3 Å². The molecule has 0 bridgehead atoms. The molecule has 1 heterocycles.